The van der Waals surface area contributed by atoms with E-state index in [2.05, 4.69) is 41.0 Å². The number of para-hydroxylation sites is 3. The predicted molar refractivity (Wildman–Crippen MR) is 149 cm³/mol. The molecule has 0 atom stereocenters. The van der Waals surface area contributed by atoms with Gasteiger partial charge in [0.15, 0.2) is 0 Å². The highest BCUT2D eigenvalue weighted by Gasteiger charge is 2.22. The molecule has 0 bridgehead atoms. The Morgan fingerprint density at radius 1 is 0.611 bits per heavy atom. The van der Waals surface area contributed by atoms with Crippen molar-refractivity contribution in [1.29, 1.82) is 0 Å². The quantitative estimate of drug-likeness (QED) is 0.248. The molecule has 36 heavy (non-hydrogen) atoms. The van der Waals surface area contributed by atoms with Crippen molar-refractivity contribution in [3.05, 3.63) is 127 Å². The van der Waals surface area contributed by atoms with Gasteiger partial charge < -0.3 is 9.30 Å². The monoisotopic (exact) mass is 465 g/mol. The maximum absolute atomic E-state index is 8.86. The minimum absolute atomic E-state index is 0.0505. The summed E-state index contributed by atoms with van der Waals surface area (Å²) in [6.45, 7) is 0. The molecule has 0 saturated carbocycles. The third-order valence-corrected chi connectivity index (χ3v) is 6.95. The van der Waals surface area contributed by atoms with E-state index in [0.717, 1.165) is 38.6 Å². The molecule has 0 fully saturated rings. The molecule has 0 aliphatic carbocycles. The van der Waals surface area contributed by atoms with Gasteiger partial charge in [-0.25, -0.2) is 0 Å². The topological polar surface area (TPSA) is 14.2 Å². The summed E-state index contributed by atoms with van der Waals surface area (Å²) in [5, 5.41) is 2.56. The van der Waals surface area contributed by atoms with Gasteiger partial charge in [-0.15, -0.1) is 0 Å². The highest BCUT2D eigenvalue weighted by Crippen LogP contribution is 2.48. The molecule has 2 heterocycles. The third kappa shape index (κ3) is 2.67. The fraction of sp³-hybridized carbons (Fsp3) is 0. The molecule has 0 amide bonds. The van der Waals surface area contributed by atoms with Crippen molar-refractivity contribution in [3.8, 4) is 39.4 Å². The Morgan fingerprint density at radius 2 is 1.42 bits per heavy atom. The van der Waals surface area contributed by atoms with Gasteiger partial charge in [0, 0.05) is 33.0 Å². The molecular formula is C34H21NO. The van der Waals surface area contributed by atoms with Gasteiger partial charge in [0.25, 0.3) is 0 Å². The van der Waals surface area contributed by atoms with E-state index in [4.69, 9.17) is 13.0 Å². The molecule has 2 nitrogen and oxygen atoms in total. The summed E-state index contributed by atoms with van der Waals surface area (Å²) in [4.78, 5) is 0. The summed E-state index contributed by atoms with van der Waals surface area (Å²) in [7, 11) is 0. The van der Waals surface area contributed by atoms with E-state index in [-0.39, 0.29) is 52.8 Å². The lowest BCUT2D eigenvalue weighted by atomic mass is 9.92. The first kappa shape index (κ1) is 14.6. The molecule has 6 aromatic carbocycles. The summed E-state index contributed by atoms with van der Waals surface area (Å²) >= 11 is 0. The smallest absolute Gasteiger partial charge is 0.135 e. The number of rotatable bonds is 2. The zero-order valence-electron chi connectivity index (χ0n) is 25.0. The number of hydrogen-bond acceptors (Lipinski definition) is 1. The summed E-state index contributed by atoms with van der Waals surface area (Å²) in [6, 6.07) is 28.7. The van der Waals surface area contributed by atoms with Gasteiger partial charge >= 0.3 is 0 Å². The first-order valence-electron chi connectivity index (χ1n) is 14.8. The van der Waals surface area contributed by atoms with E-state index >= 15 is 0 Å². The molecule has 8 rings (SSSR count). The molecule has 1 aromatic heterocycles. The molecule has 0 radical (unpaired) electrons. The van der Waals surface area contributed by atoms with Crippen molar-refractivity contribution in [2.45, 2.75) is 0 Å². The maximum Gasteiger partial charge on any atom is 0.135 e. The zero-order valence-corrected chi connectivity index (χ0v) is 19.0. The van der Waals surface area contributed by atoms with Gasteiger partial charge in [-0.05, 0) is 52.9 Å². The SMILES string of the molecule is [2H]c1c([2H])c2c3c(c([2H])c([2H])c([2H])c3c1[2H])-c1cc(-c3cccc4c5ccccc5n(-c5ccccc5)c34)ccc1O2. The lowest BCUT2D eigenvalue weighted by Crippen LogP contribution is -1.98. The van der Waals surface area contributed by atoms with E-state index in [9.17, 15) is 0 Å². The number of fused-ring (bicyclic) bond motifs is 5. The molecule has 0 saturated heterocycles. The molecule has 1 aliphatic heterocycles. The average Bonchev–Trinajstić information content (AvgIpc) is 3.36. The summed E-state index contributed by atoms with van der Waals surface area (Å²) in [5.74, 6) is 0.453. The Kier molecular flexibility index (Phi) is 2.97. The van der Waals surface area contributed by atoms with Crippen molar-refractivity contribution in [2.75, 3.05) is 0 Å². The zero-order chi connectivity index (χ0) is 28.9. The second kappa shape index (κ2) is 7.34. The van der Waals surface area contributed by atoms with Crippen molar-refractivity contribution < 1.29 is 13.0 Å². The molecule has 0 unspecified atom stereocenters. The largest absolute Gasteiger partial charge is 0.456 e. The molecule has 0 spiro atoms. The maximum atomic E-state index is 8.86. The fourth-order valence-corrected chi connectivity index (χ4v) is 5.41. The lowest BCUT2D eigenvalue weighted by molar-refractivity contribution is 0.487. The van der Waals surface area contributed by atoms with Crippen LogP contribution < -0.4 is 4.74 Å². The van der Waals surface area contributed by atoms with Crippen molar-refractivity contribution in [1.82, 2.24) is 4.57 Å². The highest BCUT2D eigenvalue weighted by atomic mass is 16.5. The number of ether oxygens (including phenoxy) is 1. The molecule has 1 aliphatic rings. The molecule has 168 valence electrons. The second-order valence-corrected chi connectivity index (χ2v) is 8.91. The van der Waals surface area contributed by atoms with Crippen LogP contribution in [0.3, 0.4) is 0 Å². The normalized spacial score (nSPS) is 14.4. The summed E-state index contributed by atoms with van der Waals surface area (Å²) in [5.41, 5.74) is 5.88. The Balaban J connectivity index is 1.47. The van der Waals surface area contributed by atoms with Crippen molar-refractivity contribution in [3.63, 3.8) is 0 Å². The summed E-state index contributed by atoms with van der Waals surface area (Å²) in [6.07, 6.45) is 0. The van der Waals surface area contributed by atoms with Crippen LogP contribution in [0.1, 0.15) is 8.22 Å². The Morgan fingerprint density at radius 3 is 2.33 bits per heavy atom. The van der Waals surface area contributed by atoms with E-state index < -0.39 is 0 Å². The first-order chi connectivity index (χ1) is 20.4. The van der Waals surface area contributed by atoms with Crippen LogP contribution in [0.5, 0.6) is 11.5 Å². The van der Waals surface area contributed by atoms with E-state index in [1.807, 2.05) is 48.5 Å². The van der Waals surface area contributed by atoms with Crippen LogP contribution in [-0.2, 0) is 0 Å². The second-order valence-electron chi connectivity index (χ2n) is 8.91. The molecule has 7 aromatic rings. The van der Waals surface area contributed by atoms with Gasteiger partial charge in [-0.2, -0.15) is 0 Å². The van der Waals surface area contributed by atoms with Crippen LogP contribution in [0.4, 0.5) is 0 Å². The minimum atomic E-state index is -0.366. The average molecular weight is 466 g/mol. The number of benzene rings is 6. The predicted octanol–water partition coefficient (Wildman–Crippen LogP) is 9.38. The fourth-order valence-electron chi connectivity index (χ4n) is 5.41. The van der Waals surface area contributed by atoms with Crippen molar-refractivity contribution in [2.24, 2.45) is 0 Å². The van der Waals surface area contributed by atoms with Crippen LogP contribution in [0.2, 0.25) is 0 Å². The standard InChI is InChI=1S/C34H21NO/c1-2-11-24(12-3-1)35-30-17-5-4-13-26(30)28-16-8-14-25(34(28)35)23-19-20-31-29(21-23)27-15-6-9-22-10-7-18-32(36-31)33(22)27/h1-21H/i6D,7D,9D,10D,15D,18D. The number of nitrogens with zero attached hydrogens (tertiary/aromatic N) is 1. The number of aromatic nitrogens is 1. The number of hydrogen-bond donors (Lipinski definition) is 0. The highest BCUT2D eigenvalue weighted by molar-refractivity contribution is 6.14. The van der Waals surface area contributed by atoms with Gasteiger partial charge in [-0.3, -0.25) is 0 Å². The van der Waals surface area contributed by atoms with E-state index in [0.29, 0.717) is 16.9 Å². The Bertz CT molecular complexity index is 2280. The Hall–Kier alpha value is -4.82. The van der Waals surface area contributed by atoms with Crippen LogP contribution in [0, 0.1) is 0 Å². The van der Waals surface area contributed by atoms with Crippen LogP contribution in [0.15, 0.2) is 127 Å². The third-order valence-electron chi connectivity index (χ3n) is 6.95. The first-order valence-corrected chi connectivity index (χ1v) is 11.8. The van der Waals surface area contributed by atoms with Gasteiger partial charge in [0.2, 0.25) is 0 Å². The molecule has 0 N–H and O–H groups in total. The molecule has 2 heteroatoms. The summed E-state index contributed by atoms with van der Waals surface area (Å²) < 4.78 is 59.6. The van der Waals surface area contributed by atoms with E-state index in [1.165, 1.54) is 0 Å². The van der Waals surface area contributed by atoms with E-state index in [1.54, 1.807) is 6.07 Å². The van der Waals surface area contributed by atoms with Crippen LogP contribution in [0.25, 0.3) is 60.5 Å². The Labute approximate surface area is 217 Å². The van der Waals surface area contributed by atoms with Gasteiger partial charge in [0.1, 0.15) is 11.5 Å². The van der Waals surface area contributed by atoms with Crippen LogP contribution in [-0.4, -0.2) is 4.57 Å². The van der Waals surface area contributed by atoms with Crippen molar-refractivity contribution >= 4 is 32.6 Å². The van der Waals surface area contributed by atoms with Gasteiger partial charge in [0.05, 0.1) is 19.3 Å². The lowest BCUT2D eigenvalue weighted by Gasteiger charge is -2.22. The van der Waals surface area contributed by atoms with Crippen LogP contribution >= 0.6 is 0 Å². The van der Waals surface area contributed by atoms with Gasteiger partial charge in [-0.1, -0.05) is 90.9 Å². The molecular weight excluding hydrogens is 438 g/mol. The minimum Gasteiger partial charge on any atom is -0.456 e.